The second-order valence-corrected chi connectivity index (χ2v) is 8.65. The quantitative estimate of drug-likeness (QED) is 0.468. The molecule has 1 N–H and O–H groups in total. The predicted molar refractivity (Wildman–Crippen MR) is 123 cm³/mol. The number of piperidine rings is 1. The zero-order chi connectivity index (χ0) is 22.5. The molecule has 0 unspecified atom stereocenters. The van der Waals surface area contributed by atoms with E-state index in [2.05, 4.69) is 9.97 Å². The van der Waals surface area contributed by atoms with Crippen molar-refractivity contribution in [1.82, 2.24) is 25.0 Å². The molecule has 164 valence electrons. The number of hydrogen-bond donors (Lipinski definition) is 1. The lowest BCUT2D eigenvalue weighted by molar-refractivity contribution is -0.0730. The molecule has 33 heavy (non-hydrogen) atoms. The van der Waals surface area contributed by atoms with Crippen LogP contribution in [0, 0.1) is 6.92 Å². The molecule has 2 aromatic heterocycles. The highest BCUT2D eigenvalue weighted by Crippen LogP contribution is 2.44. The Morgan fingerprint density at radius 1 is 0.879 bits per heavy atom. The van der Waals surface area contributed by atoms with Crippen molar-refractivity contribution >= 4 is 22.8 Å². The Kier molecular flexibility index (Phi) is 4.58. The maximum absolute atomic E-state index is 13.5. The summed E-state index contributed by atoms with van der Waals surface area (Å²) in [6.45, 7) is 2.02. The van der Waals surface area contributed by atoms with E-state index in [0.29, 0.717) is 11.1 Å². The molecule has 1 fully saturated rings. The van der Waals surface area contributed by atoms with E-state index in [1.165, 1.54) is 5.01 Å². The molecule has 2 aromatic carbocycles. The van der Waals surface area contributed by atoms with Crippen LogP contribution in [-0.4, -0.2) is 36.8 Å². The van der Waals surface area contributed by atoms with Crippen LogP contribution in [0.1, 0.15) is 69.1 Å². The van der Waals surface area contributed by atoms with Gasteiger partial charge in [0, 0.05) is 6.20 Å². The topological polar surface area (TPSA) is 82.2 Å². The highest BCUT2D eigenvalue weighted by molar-refractivity contribution is 6.21. The van der Waals surface area contributed by atoms with Crippen molar-refractivity contribution in [2.24, 2.45) is 0 Å². The van der Waals surface area contributed by atoms with Crippen molar-refractivity contribution in [1.29, 1.82) is 0 Å². The highest BCUT2D eigenvalue weighted by Gasteiger charge is 2.47. The number of imide groups is 1. The Hall–Kier alpha value is -3.84. The number of carbonyl (C=O) groups excluding carboxylic acids is 2. The summed E-state index contributed by atoms with van der Waals surface area (Å²) in [5.74, 6) is 0.167. The van der Waals surface area contributed by atoms with E-state index < -0.39 is 0 Å². The molecule has 2 aliphatic heterocycles. The number of aromatic nitrogens is 3. The number of aryl methyl sites for hydroxylation is 1. The number of carbonyl (C=O) groups is 2. The van der Waals surface area contributed by atoms with Gasteiger partial charge in [-0.2, -0.15) is 5.01 Å². The third kappa shape index (κ3) is 3.08. The first-order valence-corrected chi connectivity index (χ1v) is 11.3. The lowest BCUT2D eigenvalue weighted by Gasteiger charge is -2.44. The molecule has 0 saturated carbocycles. The normalized spacial score (nSPS) is 21.1. The van der Waals surface area contributed by atoms with Crippen LogP contribution in [0.2, 0.25) is 0 Å². The van der Waals surface area contributed by atoms with Crippen LogP contribution in [0.5, 0.6) is 0 Å². The lowest BCUT2D eigenvalue weighted by atomic mass is 9.92. The van der Waals surface area contributed by atoms with Gasteiger partial charge in [-0.15, -0.1) is 0 Å². The number of fused-ring (bicyclic) bond motifs is 2. The third-order valence-electron chi connectivity index (χ3n) is 6.69. The molecule has 4 heterocycles. The van der Waals surface area contributed by atoms with Gasteiger partial charge >= 0.3 is 0 Å². The Morgan fingerprint density at radius 2 is 1.58 bits per heavy atom. The van der Waals surface area contributed by atoms with Crippen molar-refractivity contribution in [3.8, 4) is 0 Å². The van der Waals surface area contributed by atoms with Crippen LogP contribution in [0.3, 0.4) is 0 Å². The molecule has 0 bridgehead atoms. The largest absolute Gasteiger partial charge is 0.341 e. The van der Waals surface area contributed by atoms with Gasteiger partial charge in [-0.25, -0.2) is 9.99 Å². The van der Waals surface area contributed by atoms with Crippen molar-refractivity contribution < 1.29 is 9.59 Å². The number of benzene rings is 2. The summed E-state index contributed by atoms with van der Waals surface area (Å²) in [7, 11) is 0. The van der Waals surface area contributed by atoms with E-state index in [1.54, 1.807) is 30.5 Å². The number of pyridine rings is 1. The van der Waals surface area contributed by atoms with Gasteiger partial charge in [-0.3, -0.25) is 14.6 Å². The Balaban J connectivity index is 1.51. The molecule has 2 amide bonds. The summed E-state index contributed by atoms with van der Waals surface area (Å²) < 4.78 is 0. The van der Waals surface area contributed by atoms with E-state index in [4.69, 9.17) is 4.98 Å². The number of hydrazine groups is 1. The fourth-order valence-electron chi connectivity index (χ4n) is 5.15. The van der Waals surface area contributed by atoms with Gasteiger partial charge in [0.15, 0.2) is 0 Å². The maximum atomic E-state index is 13.5. The maximum Gasteiger partial charge on any atom is 0.276 e. The average molecular weight is 438 g/mol. The smallest absolute Gasteiger partial charge is 0.276 e. The number of hydrogen-bond acceptors (Lipinski definition) is 5. The number of H-pyrrole nitrogens is 1. The van der Waals surface area contributed by atoms with Crippen LogP contribution in [0.4, 0.5) is 0 Å². The molecule has 2 aliphatic rings. The summed E-state index contributed by atoms with van der Waals surface area (Å²) in [6.07, 6.45) is 4.27. The molecule has 1 saturated heterocycles. The van der Waals surface area contributed by atoms with Crippen molar-refractivity contribution in [2.45, 2.75) is 38.3 Å². The van der Waals surface area contributed by atoms with E-state index in [0.717, 1.165) is 47.4 Å². The van der Waals surface area contributed by atoms with Crippen LogP contribution < -0.4 is 0 Å². The fraction of sp³-hybridized carbons (Fsp3) is 0.231. The Morgan fingerprint density at radius 3 is 2.30 bits per heavy atom. The first kappa shape index (κ1) is 19.8. The van der Waals surface area contributed by atoms with Crippen molar-refractivity contribution in [2.75, 3.05) is 0 Å². The molecule has 0 spiro atoms. The van der Waals surface area contributed by atoms with Gasteiger partial charge in [0.2, 0.25) is 0 Å². The second kappa shape index (κ2) is 7.64. The van der Waals surface area contributed by atoms with Crippen LogP contribution in [-0.2, 0) is 0 Å². The van der Waals surface area contributed by atoms with E-state index in [-0.39, 0.29) is 23.9 Å². The summed E-state index contributed by atoms with van der Waals surface area (Å²) in [6, 6.07) is 18.3. The van der Waals surface area contributed by atoms with Gasteiger partial charge in [0.1, 0.15) is 5.82 Å². The minimum atomic E-state index is -0.294. The minimum absolute atomic E-state index is 0.222. The predicted octanol–water partition coefficient (Wildman–Crippen LogP) is 4.75. The standard InChI is InChI=1S/C26H23N5O2/c1-16-8-7-15-27-23(16)21-13-6-14-22(24-28-19-11-4-5-12-20(19)29-24)30(21)31-25(32)17-9-2-3-10-18(17)26(31)33/h2-5,7-12,15,21-22H,6,13-14H2,1H3,(H,28,29)/t21-,22+/m0/s1. The van der Waals surface area contributed by atoms with Crippen molar-refractivity contribution in [3.05, 3.63) is 95.1 Å². The van der Waals surface area contributed by atoms with Crippen LogP contribution in [0.15, 0.2) is 66.9 Å². The average Bonchev–Trinajstić information content (AvgIpc) is 3.38. The molecule has 2 atom stereocenters. The minimum Gasteiger partial charge on any atom is -0.341 e. The molecular formula is C26H23N5O2. The fourth-order valence-corrected chi connectivity index (χ4v) is 5.15. The lowest BCUT2D eigenvalue weighted by Crippen LogP contribution is -2.52. The number of nitrogens with one attached hydrogen (secondary N) is 1. The Bertz CT molecular complexity index is 1330. The van der Waals surface area contributed by atoms with Gasteiger partial charge in [0.05, 0.1) is 39.9 Å². The second-order valence-electron chi connectivity index (χ2n) is 8.65. The molecule has 4 aromatic rings. The number of imidazole rings is 1. The molecule has 0 radical (unpaired) electrons. The number of rotatable bonds is 3. The van der Waals surface area contributed by atoms with Crippen LogP contribution >= 0.6 is 0 Å². The van der Waals surface area contributed by atoms with E-state index in [1.807, 2.05) is 48.3 Å². The summed E-state index contributed by atoms with van der Waals surface area (Å²) in [4.78, 5) is 40.0. The summed E-state index contributed by atoms with van der Waals surface area (Å²) >= 11 is 0. The number of para-hydroxylation sites is 2. The van der Waals surface area contributed by atoms with Crippen LogP contribution in [0.25, 0.3) is 11.0 Å². The monoisotopic (exact) mass is 437 g/mol. The highest BCUT2D eigenvalue weighted by atomic mass is 16.2. The molecule has 6 rings (SSSR count). The van der Waals surface area contributed by atoms with Gasteiger partial charge in [-0.05, 0) is 62.1 Å². The first-order chi connectivity index (χ1) is 16.1. The summed E-state index contributed by atoms with van der Waals surface area (Å²) in [5.41, 5.74) is 4.60. The summed E-state index contributed by atoms with van der Waals surface area (Å²) in [5, 5.41) is 3.27. The molecule has 0 aliphatic carbocycles. The van der Waals surface area contributed by atoms with Crippen molar-refractivity contribution in [3.63, 3.8) is 0 Å². The zero-order valence-electron chi connectivity index (χ0n) is 18.2. The van der Waals surface area contributed by atoms with Gasteiger partial charge in [0.25, 0.3) is 11.8 Å². The molecular weight excluding hydrogens is 414 g/mol. The van der Waals surface area contributed by atoms with Gasteiger partial charge in [-0.1, -0.05) is 30.3 Å². The molecule has 7 nitrogen and oxygen atoms in total. The number of nitrogens with zero attached hydrogens (tertiary/aromatic N) is 4. The molecule has 7 heteroatoms. The van der Waals surface area contributed by atoms with E-state index in [9.17, 15) is 9.59 Å². The number of aromatic amines is 1. The first-order valence-electron chi connectivity index (χ1n) is 11.3. The number of amides is 2. The van der Waals surface area contributed by atoms with E-state index >= 15 is 0 Å². The SMILES string of the molecule is Cc1cccnc1[C@@H]1CCC[C@H](c2nc3ccccc3[nH]2)N1N1C(=O)c2ccccc2C1=O. The zero-order valence-corrected chi connectivity index (χ0v) is 18.2. The third-order valence-corrected chi connectivity index (χ3v) is 6.69. The van der Waals surface area contributed by atoms with Gasteiger partial charge < -0.3 is 4.98 Å². The Labute approximate surface area is 191 Å².